The minimum atomic E-state index is -0.275. The largest absolute Gasteiger partial charge is 0.406 e. The monoisotopic (exact) mass is 294 g/mol. The molecule has 0 saturated carbocycles. The van der Waals surface area contributed by atoms with Gasteiger partial charge in [-0.25, -0.2) is 4.39 Å². The Bertz CT molecular complexity index is 544. The van der Waals surface area contributed by atoms with Gasteiger partial charge in [0.15, 0.2) is 0 Å². The molecule has 1 aromatic carbocycles. The summed E-state index contributed by atoms with van der Waals surface area (Å²) in [5.74, 6) is 0.227. The Morgan fingerprint density at radius 3 is 2.71 bits per heavy atom. The summed E-state index contributed by atoms with van der Waals surface area (Å²) < 4.78 is 23.5. The smallest absolute Gasteiger partial charge is 0.322 e. The predicted molar refractivity (Wildman–Crippen MR) is 77.0 cm³/mol. The Kier molecular flexibility index (Phi) is 5.65. The second-order valence-corrected chi connectivity index (χ2v) is 4.37. The molecule has 0 fully saturated rings. The number of nitrogens with one attached hydrogen (secondary N) is 1. The number of halogens is 1. The molecule has 0 spiro atoms. The van der Waals surface area contributed by atoms with E-state index in [1.54, 1.807) is 19.2 Å². The van der Waals surface area contributed by atoms with Gasteiger partial charge in [0.05, 0.1) is 13.2 Å². The first-order valence-corrected chi connectivity index (χ1v) is 6.79. The van der Waals surface area contributed by atoms with Gasteiger partial charge in [-0.05, 0) is 31.2 Å². The third kappa shape index (κ3) is 4.24. The molecule has 1 heterocycles. The van der Waals surface area contributed by atoms with Crippen LogP contribution in [0.25, 0.3) is 0 Å². The van der Waals surface area contributed by atoms with E-state index in [4.69, 9.17) is 9.15 Å². The highest BCUT2D eigenvalue weighted by Gasteiger charge is 2.14. The Hall–Kier alpha value is -1.99. The van der Waals surface area contributed by atoms with Crippen molar-refractivity contribution in [2.75, 3.05) is 31.7 Å². The number of nitrogens with zero attached hydrogens (tertiary/aromatic N) is 3. The summed E-state index contributed by atoms with van der Waals surface area (Å²) in [6.45, 7) is 4.42. The Labute approximate surface area is 122 Å². The summed E-state index contributed by atoms with van der Waals surface area (Å²) >= 11 is 0. The number of anilines is 2. The van der Waals surface area contributed by atoms with E-state index in [-0.39, 0.29) is 5.82 Å². The summed E-state index contributed by atoms with van der Waals surface area (Å²) in [7, 11) is 1.65. The van der Waals surface area contributed by atoms with Crippen LogP contribution in [-0.4, -0.2) is 37.0 Å². The van der Waals surface area contributed by atoms with E-state index in [0.29, 0.717) is 38.1 Å². The molecule has 0 unspecified atom stereocenters. The van der Waals surface area contributed by atoms with Crippen molar-refractivity contribution in [2.45, 2.75) is 13.5 Å². The van der Waals surface area contributed by atoms with E-state index in [0.717, 1.165) is 5.69 Å². The number of hydrogen-bond donors (Lipinski definition) is 1. The summed E-state index contributed by atoms with van der Waals surface area (Å²) in [4.78, 5) is 1.82. The van der Waals surface area contributed by atoms with E-state index in [1.807, 2.05) is 11.8 Å². The van der Waals surface area contributed by atoms with Crippen LogP contribution in [0.15, 0.2) is 28.7 Å². The lowest BCUT2D eigenvalue weighted by molar-refractivity contribution is 0.198. The van der Waals surface area contributed by atoms with Gasteiger partial charge in [-0.15, -0.1) is 5.10 Å². The quantitative estimate of drug-likeness (QED) is 0.752. The molecule has 21 heavy (non-hydrogen) atoms. The molecule has 2 rings (SSSR count). The highest BCUT2D eigenvalue weighted by molar-refractivity contribution is 5.55. The lowest BCUT2D eigenvalue weighted by atomic mass is 10.3. The van der Waals surface area contributed by atoms with Crippen LogP contribution in [0.4, 0.5) is 16.1 Å². The van der Waals surface area contributed by atoms with Crippen molar-refractivity contribution in [3.63, 3.8) is 0 Å². The molecule has 0 aliphatic heterocycles. The average Bonchev–Trinajstić information content (AvgIpc) is 2.95. The summed E-state index contributed by atoms with van der Waals surface area (Å²) in [5, 5.41) is 11.2. The van der Waals surface area contributed by atoms with E-state index in [1.165, 1.54) is 12.1 Å². The van der Waals surface area contributed by atoms with Crippen molar-refractivity contribution in [3.8, 4) is 0 Å². The molecule has 0 radical (unpaired) electrons. The average molecular weight is 294 g/mol. The Balaban J connectivity index is 2.02. The fourth-order valence-corrected chi connectivity index (χ4v) is 1.84. The van der Waals surface area contributed by atoms with Gasteiger partial charge in [0.25, 0.3) is 0 Å². The number of rotatable bonds is 8. The molecular weight excluding hydrogens is 275 g/mol. The zero-order valence-corrected chi connectivity index (χ0v) is 12.2. The molecule has 7 heteroatoms. The maximum absolute atomic E-state index is 13.0. The topological polar surface area (TPSA) is 63.4 Å². The molecule has 0 aliphatic carbocycles. The van der Waals surface area contributed by atoms with Crippen LogP contribution in [0.2, 0.25) is 0 Å². The lowest BCUT2D eigenvalue weighted by Crippen LogP contribution is -2.18. The molecular formula is C14H19FN4O2. The highest BCUT2D eigenvalue weighted by Crippen LogP contribution is 2.23. The van der Waals surface area contributed by atoms with Crippen molar-refractivity contribution in [3.05, 3.63) is 36.0 Å². The normalized spacial score (nSPS) is 10.8. The fourth-order valence-electron chi connectivity index (χ4n) is 1.84. The minimum Gasteiger partial charge on any atom is -0.406 e. The molecule has 6 nitrogen and oxygen atoms in total. The molecule has 0 bridgehead atoms. The van der Waals surface area contributed by atoms with Crippen LogP contribution in [-0.2, 0) is 11.3 Å². The molecule has 114 valence electrons. The van der Waals surface area contributed by atoms with Gasteiger partial charge < -0.3 is 14.5 Å². The molecule has 0 amide bonds. The van der Waals surface area contributed by atoms with Crippen LogP contribution < -0.4 is 10.2 Å². The third-order valence-corrected chi connectivity index (χ3v) is 2.90. The maximum Gasteiger partial charge on any atom is 0.322 e. The molecule has 1 aromatic heterocycles. The van der Waals surface area contributed by atoms with Crippen LogP contribution in [0.3, 0.4) is 0 Å². The van der Waals surface area contributed by atoms with Crippen LogP contribution in [0.1, 0.15) is 12.8 Å². The second-order valence-electron chi connectivity index (χ2n) is 4.37. The van der Waals surface area contributed by atoms with Crippen LogP contribution >= 0.6 is 0 Å². The number of aromatic nitrogens is 2. The maximum atomic E-state index is 13.0. The Morgan fingerprint density at radius 2 is 2.05 bits per heavy atom. The first-order chi connectivity index (χ1) is 10.2. The first-order valence-electron chi connectivity index (χ1n) is 6.79. The third-order valence-electron chi connectivity index (χ3n) is 2.90. The van der Waals surface area contributed by atoms with Crippen molar-refractivity contribution in [1.29, 1.82) is 0 Å². The zero-order valence-electron chi connectivity index (χ0n) is 12.2. The summed E-state index contributed by atoms with van der Waals surface area (Å²) in [6.07, 6.45) is 0. The van der Waals surface area contributed by atoms with Crippen molar-refractivity contribution < 1.29 is 13.5 Å². The van der Waals surface area contributed by atoms with Gasteiger partial charge in [-0.2, -0.15) is 0 Å². The minimum absolute atomic E-state index is 0.275. The zero-order chi connectivity index (χ0) is 15.1. The first kappa shape index (κ1) is 15.4. The SMILES string of the molecule is CCN(c1ccc(F)cc1)c1nnc(CNCCOC)o1. The molecule has 1 N–H and O–H groups in total. The number of methoxy groups -OCH3 is 1. The van der Waals surface area contributed by atoms with Crippen LogP contribution in [0, 0.1) is 5.82 Å². The highest BCUT2D eigenvalue weighted by atomic mass is 19.1. The van der Waals surface area contributed by atoms with Gasteiger partial charge in [-0.3, -0.25) is 4.90 Å². The number of ether oxygens (including phenoxy) is 1. The second kappa shape index (κ2) is 7.70. The van der Waals surface area contributed by atoms with E-state index in [9.17, 15) is 4.39 Å². The van der Waals surface area contributed by atoms with Gasteiger partial charge in [0.2, 0.25) is 5.89 Å². The fraction of sp³-hybridized carbons (Fsp3) is 0.429. The number of benzene rings is 1. The number of hydrogen-bond acceptors (Lipinski definition) is 6. The van der Waals surface area contributed by atoms with Crippen molar-refractivity contribution in [2.24, 2.45) is 0 Å². The van der Waals surface area contributed by atoms with E-state index in [2.05, 4.69) is 15.5 Å². The van der Waals surface area contributed by atoms with Gasteiger partial charge in [0.1, 0.15) is 5.82 Å². The molecule has 2 aromatic rings. The van der Waals surface area contributed by atoms with Gasteiger partial charge in [0, 0.05) is 25.9 Å². The van der Waals surface area contributed by atoms with Crippen LogP contribution in [0.5, 0.6) is 0 Å². The molecule has 0 aliphatic rings. The lowest BCUT2D eigenvalue weighted by Gasteiger charge is -2.17. The predicted octanol–water partition coefficient (Wildman–Crippen LogP) is 2.10. The van der Waals surface area contributed by atoms with Gasteiger partial charge in [-0.1, -0.05) is 5.10 Å². The molecule has 0 saturated heterocycles. The van der Waals surface area contributed by atoms with E-state index < -0.39 is 0 Å². The molecule has 0 atom stereocenters. The van der Waals surface area contributed by atoms with E-state index >= 15 is 0 Å². The van der Waals surface area contributed by atoms with Crippen molar-refractivity contribution >= 4 is 11.7 Å². The van der Waals surface area contributed by atoms with Crippen molar-refractivity contribution in [1.82, 2.24) is 15.5 Å². The summed E-state index contributed by atoms with van der Waals surface area (Å²) in [5.41, 5.74) is 0.807. The standard InChI is InChI=1S/C14H19FN4O2/c1-3-19(12-6-4-11(15)5-7-12)14-18-17-13(21-14)10-16-8-9-20-2/h4-7,16H,3,8-10H2,1-2H3. The Morgan fingerprint density at radius 1 is 1.29 bits per heavy atom. The van der Waals surface area contributed by atoms with Gasteiger partial charge >= 0.3 is 6.01 Å². The summed E-state index contributed by atoms with van der Waals surface area (Å²) in [6, 6.07) is 6.56.